The quantitative estimate of drug-likeness (QED) is 0.519. The van der Waals surface area contributed by atoms with Gasteiger partial charge in [-0.1, -0.05) is 6.92 Å². The number of carbonyl (C=O) groups excluding carboxylic acids is 1. The molecule has 7 nitrogen and oxygen atoms in total. The molecular formula is C21H37N5O2S. The van der Waals surface area contributed by atoms with Crippen LogP contribution in [0.1, 0.15) is 47.0 Å². The van der Waals surface area contributed by atoms with Gasteiger partial charge in [-0.05, 0) is 57.5 Å². The van der Waals surface area contributed by atoms with Crippen molar-refractivity contribution in [2.45, 2.75) is 58.6 Å². The monoisotopic (exact) mass is 423 g/mol. The zero-order valence-electron chi connectivity index (χ0n) is 18.5. The zero-order valence-corrected chi connectivity index (χ0v) is 19.3. The van der Waals surface area contributed by atoms with E-state index in [1.165, 1.54) is 5.00 Å². The van der Waals surface area contributed by atoms with Crippen molar-refractivity contribution in [1.29, 1.82) is 0 Å². The van der Waals surface area contributed by atoms with Crippen LogP contribution in [0.25, 0.3) is 0 Å². The van der Waals surface area contributed by atoms with E-state index < -0.39 is 5.60 Å². The molecule has 0 saturated carbocycles. The Hall–Kier alpha value is -1.96. The van der Waals surface area contributed by atoms with Crippen molar-refractivity contribution < 1.29 is 9.53 Å². The molecule has 0 aromatic carbocycles. The van der Waals surface area contributed by atoms with E-state index in [0.717, 1.165) is 38.3 Å². The normalized spacial score (nSPS) is 15.9. The minimum atomic E-state index is -0.480. The van der Waals surface area contributed by atoms with Crippen molar-refractivity contribution in [1.82, 2.24) is 15.5 Å². The second kappa shape index (κ2) is 11.3. The largest absolute Gasteiger partial charge is 0.444 e. The lowest BCUT2D eigenvalue weighted by Gasteiger charge is -2.33. The van der Waals surface area contributed by atoms with Crippen molar-refractivity contribution in [3.05, 3.63) is 17.5 Å². The summed E-state index contributed by atoms with van der Waals surface area (Å²) in [7, 11) is 1.79. The highest BCUT2D eigenvalue weighted by atomic mass is 32.1. The van der Waals surface area contributed by atoms with Crippen molar-refractivity contribution in [2.75, 3.05) is 44.7 Å². The maximum atomic E-state index is 12.4. The van der Waals surface area contributed by atoms with Crippen LogP contribution in [0.3, 0.4) is 0 Å². The molecule has 0 radical (unpaired) electrons. The molecule has 0 aliphatic carbocycles. The van der Waals surface area contributed by atoms with Crippen LogP contribution in [-0.2, 0) is 4.74 Å². The lowest BCUT2D eigenvalue weighted by molar-refractivity contribution is 0.0253. The molecule has 0 unspecified atom stereocenters. The second-order valence-corrected chi connectivity index (χ2v) is 9.25. The van der Waals surface area contributed by atoms with Gasteiger partial charge in [0.25, 0.3) is 0 Å². The van der Waals surface area contributed by atoms with E-state index in [9.17, 15) is 4.79 Å². The van der Waals surface area contributed by atoms with E-state index in [1.807, 2.05) is 20.8 Å². The van der Waals surface area contributed by atoms with Crippen LogP contribution < -0.4 is 15.5 Å². The number of amides is 1. The molecule has 2 heterocycles. The maximum absolute atomic E-state index is 12.4. The van der Waals surface area contributed by atoms with Gasteiger partial charge in [0.15, 0.2) is 5.96 Å². The molecule has 8 heteroatoms. The Bertz CT molecular complexity index is 634. The van der Waals surface area contributed by atoms with E-state index in [1.54, 1.807) is 23.3 Å². The Labute approximate surface area is 179 Å². The third-order valence-corrected chi connectivity index (χ3v) is 5.63. The van der Waals surface area contributed by atoms with Crippen LogP contribution in [0, 0.1) is 0 Å². The highest BCUT2D eigenvalue weighted by molar-refractivity contribution is 7.14. The van der Waals surface area contributed by atoms with Gasteiger partial charge in [-0.25, -0.2) is 4.79 Å². The van der Waals surface area contributed by atoms with Crippen molar-refractivity contribution in [3.63, 3.8) is 0 Å². The zero-order chi connectivity index (χ0) is 21.3. The number of nitrogens with one attached hydrogen (secondary N) is 2. The highest BCUT2D eigenvalue weighted by Crippen LogP contribution is 2.24. The first-order valence-corrected chi connectivity index (χ1v) is 11.4. The van der Waals surface area contributed by atoms with Crippen LogP contribution in [0.4, 0.5) is 9.80 Å². The number of thiophene rings is 1. The van der Waals surface area contributed by atoms with Gasteiger partial charge in [0, 0.05) is 45.8 Å². The van der Waals surface area contributed by atoms with Crippen LogP contribution >= 0.6 is 11.3 Å². The number of anilines is 1. The topological polar surface area (TPSA) is 69.2 Å². The summed E-state index contributed by atoms with van der Waals surface area (Å²) >= 11 is 1.80. The average Bonchev–Trinajstić information content (AvgIpc) is 3.20. The summed E-state index contributed by atoms with van der Waals surface area (Å²) in [5.41, 5.74) is -0.480. The number of rotatable bonds is 7. The smallest absolute Gasteiger partial charge is 0.410 e. The van der Waals surface area contributed by atoms with E-state index in [-0.39, 0.29) is 6.09 Å². The number of piperidine rings is 1. The molecule has 1 aromatic rings. The van der Waals surface area contributed by atoms with Crippen LogP contribution in [-0.4, -0.2) is 68.4 Å². The minimum absolute atomic E-state index is 0.259. The Morgan fingerprint density at radius 1 is 1.34 bits per heavy atom. The lowest BCUT2D eigenvalue weighted by atomic mass is 10.1. The Morgan fingerprint density at radius 2 is 2.07 bits per heavy atom. The van der Waals surface area contributed by atoms with Gasteiger partial charge in [0.2, 0.25) is 0 Å². The number of carbonyl (C=O) groups is 1. The number of guanidine groups is 1. The standard InChI is InChI=1S/C21H37N5O2S/c1-6-12-26(20(27)28-21(2,3)4)15-11-23-19(22-5)24-17-9-13-25(14-10-17)18-8-7-16-29-18/h7-8,16-17H,6,9-15H2,1-5H3,(H2,22,23,24). The van der Waals surface area contributed by atoms with Crippen molar-refractivity contribution >= 4 is 28.4 Å². The van der Waals surface area contributed by atoms with E-state index >= 15 is 0 Å². The lowest BCUT2D eigenvalue weighted by Crippen LogP contribution is -2.50. The molecular weight excluding hydrogens is 386 g/mol. The van der Waals surface area contributed by atoms with Crippen LogP contribution in [0.15, 0.2) is 22.5 Å². The van der Waals surface area contributed by atoms with Gasteiger partial charge in [0.05, 0.1) is 5.00 Å². The SMILES string of the molecule is CCCN(CCNC(=NC)NC1CCN(c2cccs2)CC1)C(=O)OC(C)(C)C. The summed E-state index contributed by atoms with van der Waals surface area (Å²) in [6, 6.07) is 4.70. The summed E-state index contributed by atoms with van der Waals surface area (Å²) in [5.74, 6) is 0.792. The first kappa shape index (κ1) is 23.3. The van der Waals surface area contributed by atoms with E-state index in [2.05, 4.69) is 45.0 Å². The number of hydrogen-bond donors (Lipinski definition) is 2. The van der Waals surface area contributed by atoms with Gasteiger partial charge in [-0.3, -0.25) is 4.99 Å². The predicted molar refractivity (Wildman–Crippen MR) is 122 cm³/mol. The molecule has 1 aromatic heterocycles. The molecule has 0 spiro atoms. The van der Waals surface area contributed by atoms with Gasteiger partial charge >= 0.3 is 6.09 Å². The predicted octanol–water partition coefficient (Wildman–Crippen LogP) is 3.53. The number of ether oxygens (including phenoxy) is 1. The first-order valence-electron chi connectivity index (χ1n) is 10.6. The summed E-state index contributed by atoms with van der Waals surface area (Å²) in [4.78, 5) is 20.9. The summed E-state index contributed by atoms with van der Waals surface area (Å²) in [6.07, 6.45) is 2.80. The van der Waals surface area contributed by atoms with Crippen molar-refractivity contribution in [2.24, 2.45) is 4.99 Å². The average molecular weight is 424 g/mol. The molecule has 1 aliphatic heterocycles. The fourth-order valence-electron chi connectivity index (χ4n) is 3.28. The number of hydrogen-bond acceptors (Lipinski definition) is 5. The van der Waals surface area contributed by atoms with E-state index in [0.29, 0.717) is 25.7 Å². The molecule has 1 amide bonds. The van der Waals surface area contributed by atoms with Crippen molar-refractivity contribution in [3.8, 4) is 0 Å². The first-order chi connectivity index (χ1) is 13.8. The molecule has 1 saturated heterocycles. The third-order valence-electron chi connectivity index (χ3n) is 4.70. The third kappa shape index (κ3) is 8.12. The Morgan fingerprint density at radius 3 is 2.62 bits per heavy atom. The highest BCUT2D eigenvalue weighted by Gasteiger charge is 2.22. The van der Waals surface area contributed by atoms with Gasteiger partial charge in [-0.2, -0.15) is 0 Å². The fraction of sp³-hybridized carbons (Fsp3) is 0.714. The summed E-state index contributed by atoms with van der Waals surface area (Å²) < 4.78 is 5.51. The Kier molecular flexibility index (Phi) is 9.07. The molecule has 2 N–H and O–H groups in total. The summed E-state index contributed by atoms with van der Waals surface area (Å²) in [6.45, 7) is 11.7. The molecule has 0 atom stereocenters. The van der Waals surface area contributed by atoms with E-state index in [4.69, 9.17) is 4.74 Å². The van der Waals surface area contributed by atoms with Crippen LogP contribution in [0.2, 0.25) is 0 Å². The van der Waals surface area contributed by atoms with Gasteiger partial charge < -0.3 is 25.2 Å². The molecule has 1 aliphatic rings. The molecule has 0 bridgehead atoms. The molecule has 29 heavy (non-hydrogen) atoms. The fourth-order valence-corrected chi connectivity index (χ4v) is 4.07. The van der Waals surface area contributed by atoms with Gasteiger partial charge in [0.1, 0.15) is 5.60 Å². The molecule has 1 fully saturated rings. The Balaban J connectivity index is 1.74. The summed E-state index contributed by atoms with van der Waals surface area (Å²) in [5, 5.41) is 10.3. The van der Waals surface area contributed by atoms with Gasteiger partial charge in [-0.15, -0.1) is 11.3 Å². The minimum Gasteiger partial charge on any atom is -0.444 e. The van der Waals surface area contributed by atoms with Crippen LogP contribution in [0.5, 0.6) is 0 Å². The molecule has 2 rings (SSSR count). The number of aliphatic imine (C=N–C) groups is 1. The maximum Gasteiger partial charge on any atom is 0.410 e. The second-order valence-electron chi connectivity index (χ2n) is 8.32. The number of nitrogens with zero attached hydrogens (tertiary/aromatic N) is 3. The molecule has 164 valence electrons.